The van der Waals surface area contributed by atoms with Crippen LogP contribution in [0.25, 0.3) is 0 Å². The van der Waals surface area contributed by atoms with Crippen molar-refractivity contribution >= 4 is 29.1 Å². The minimum absolute atomic E-state index is 0.150. The molecule has 1 aliphatic carbocycles. The summed E-state index contributed by atoms with van der Waals surface area (Å²) in [5, 5.41) is 7.33. The van der Waals surface area contributed by atoms with Gasteiger partial charge in [-0.05, 0) is 56.8 Å². The Labute approximate surface area is 185 Å². The molecular formula is C24H33N5S. The fourth-order valence-electron chi connectivity index (χ4n) is 4.88. The molecule has 2 aromatic rings. The van der Waals surface area contributed by atoms with E-state index in [-0.39, 0.29) is 5.41 Å². The molecule has 2 heterocycles. The minimum atomic E-state index is 0.150. The Morgan fingerprint density at radius 2 is 1.70 bits per heavy atom. The molecule has 30 heavy (non-hydrogen) atoms. The molecule has 1 saturated carbocycles. The van der Waals surface area contributed by atoms with Crippen LogP contribution in [0.3, 0.4) is 0 Å². The molecule has 0 unspecified atom stereocenters. The largest absolute Gasteiger partial charge is 0.361 e. The fourth-order valence-corrected chi connectivity index (χ4v) is 5.04. The molecule has 2 aliphatic rings. The van der Waals surface area contributed by atoms with Crippen LogP contribution in [-0.2, 0) is 5.41 Å². The molecular weight excluding hydrogens is 390 g/mol. The summed E-state index contributed by atoms with van der Waals surface area (Å²) in [5.74, 6) is 1.59. The van der Waals surface area contributed by atoms with Gasteiger partial charge in [0.1, 0.15) is 5.82 Å². The maximum Gasteiger partial charge on any atom is 0.231 e. The van der Waals surface area contributed by atoms with Crippen LogP contribution in [0.2, 0.25) is 0 Å². The van der Waals surface area contributed by atoms with Crippen LogP contribution in [0.5, 0.6) is 0 Å². The summed E-state index contributed by atoms with van der Waals surface area (Å²) in [7, 11) is 0. The van der Waals surface area contributed by atoms with Crippen LogP contribution in [0.1, 0.15) is 62.6 Å². The van der Waals surface area contributed by atoms with Crippen LogP contribution in [0, 0.1) is 6.92 Å². The lowest BCUT2D eigenvalue weighted by Gasteiger charge is -2.38. The van der Waals surface area contributed by atoms with E-state index >= 15 is 0 Å². The molecule has 1 aromatic carbocycles. The van der Waals surface area contributed by atoms with Gasteiger partial charge in [-0.1, -0.05) is 49.6 Å². The zero-order valence-corrected chi connectivity index (χ0v) is 18.8. The van der Waals surface area contributed by atoms with Gasteiger partial charge >= 0.3 is 0 Å². The van der Waals surface area contributed by atoms with Crippen molar-refractivity contribution in [1.29, 1.82) is 0 Å². The number of hydrogen-bond donors (Lipinski definition) is 2. The van der Waals surface area contributed by atoms with Crippen molar-refractivity contribution in [2.45, 2.75) is 63.7 Å². The number of aromatic nitrogens is 2. The molecule has 0 amide bonds. The standard InChI is InChI=1S/C24H33N5S/c1-19-17-21(29-15-9-4-10-16-29)27-22(26-19)28-23(30)25-18-24(13-7-3-8-14-24)20-11-5-2-6-12-20/h2,5-6,11-12,17H,3-4,7-10,13-16,18H2,1H3,(H2,25,26,27,28,30). The van der Waals surface area contributed by atoms with Crippen molar-refractivity contribution in [2.75, 3.05) is 29.9 Å². The Balaban J connectivity index is 1.42. The monoisotopic (exact) mass is 423 g/mol. The van der Waals surface area contributed by atoms with Crippen molar-refractivity contribution in [3.63, 3.8) is 0 Å². The number of anilines is 2. The quantitative estimate of drug-likeness (QED) is 0.663. The molecule has 0 spiro atoms. The highest BCUT2D eigenvalue weighted by Crippen LogP contribution is 2.38. The van der Waals surface area contributed by atoms with Gasteiger partial charge in [0.15, 0.2) is 5.11 Å². The van der Waals surface area contributed by atoms with Gasteiger partial charge in [-0.15, -0.1) is 0 Å². The Kier molecular flexibility index (Phi) is 6.82. The van der Waals surface area contributed by atoms with E-state index in [4.69, 9.17) is 17.2 Å². The average molecular weight is 424 g/mol. The van der Waals surface area contributed by atoms with E-state index in [2.05, 4.69) is 56.9 Å². The molecule has 1 saturated heterocycles. The molecule has 0 bridgehead atoms. The molecule has 1 aromatic heterocycles. The first kappa shape index (κ1) is 21.0. The van der Waals surface area contributed by atoms with Crippen LogP contribution in [-0.4, -0.2) is 34.7 Å². The number of aryl methyl sites for hydroxylation is 1. The summed E-state index contributed by atoms with van der Waals surface area (Å²) >= 11 is 5.63. The van der Waals surface area contributed by atoms with Crippen LogP contribution < -0.4 is 15.5 Å². The molecule has 0 atom stereocenters. The molecule has 1 aliphatic heterocycles. The zero-order chi connectivity index (χ0) is 20.8. The second kappa shape index (κ2) is 9.73. The van der Waals surface area contributed by atoms with Gasteiger partial charge in [0.25, 0.3) is 0 Å². The number of thiocarbonyl (C=S) groups is 1. The molecule has 5 nitrogen and oxygen atoms in total. The lowest BCUT2D eigenvalue weighted by molar-refractivity contribution is 0.292. The summed E-state index contributed by atoms with van der Waals surface area (Å²) in [6, 6.07) is 13.0. The highest BCUT2D eigenvalue weighted by atomic mass is 32.1. The Bertz CT molecular complexity index is 842. The lowest BCUT2D eigenvalue weighted by atomic mass is 9.69. The first-order valence-electron chi connectivity index (χ1n) is 11.4. The molecule has 6 heteroatoms. The van der Waals surface area contributed by atoms with E-state index in [0.29, 0.717) is 11.1 Å². The van der Waals surface area contributed by atoms with E-state index in [1.165, 1.54) is 56.9 Å². The van der Waals surface area contributed by atoms with E-state index in [9.17, 15) is 0 Å². The number of hydrogen-bond acceptors (Lipinski definition) is 4. The van der Waals surface area contributed by atoms with Gasteiger partial charge in [0.05, 0.1) is 0 Å². The lowest BCUT2D eigenvalue weighted by Crippen LogP contribution is -2.43. The second-order valence-electron chi connectivity index (χ2n) is 8.75. The number of piperidine rings is 1. The Hall–Kier alpha value is -2.21. The maximum absolute atomic E-state index is 5.63. The summed E-state index contributed by atoms with van der Waals surface area (Å²) in [6.07, 6.45) is 10.0. The van der Waals surface area contributed by atoms with Gasteiger partial charge in [-0.3, -0.25) is 0 Å². The zero-order valence-electron chi connectivity index (χ0n) is 18.0. The summed E-state index contributed by atoms with van der Waals surface area (Å²) < 4.78 is 0. The maximum atomic E-state index is 5.63. The fraction of sp³-hybridized carbons (Fsp3) is 0.542. The third-order valence-corrected chi connectivity index (χ3v) is 6.78. The van der Waals surface area contributed by atoms with Crippen molar-refractivity contribution in [2.24, 2.45) is 0 Å². The predicted octanol–water partition coefficient (Wildman–Crippen LogP) is 4.96. The highest BCUT2D eigenvalue weighted by Gasteiger charge is 2.33. The molecule has 160 valence electrons. The minimum Gasteiger partial charge on any atom is -0.361 e. The van der Waals surface area contributed by atoms with Gasteiger partial charge in [-0.25, -0.2) is 4.98 Å². The summed E-state index contributed by atoms with van der Waals surface area (Å²) in [4.78, 5) is 11.7. The number of benzene rings is 1. The Morgan fingerprint density at radius 1 is 1.00 bits per heavy atom. The highest BCUT2D eigenvalue weighted by molar-refractivity contribution is 7.80. The third-order valence-electron chi connectivity index (χ3n) is 6.53. The van der Waals surface area contributed by atoms with Crippen molar-refractivity contribution in [3.05, 3.63) is 47.7 Å². The van der Waals surface area contributed by atoms with Crippen molar-refractivity contribution < 1.29 is 0 Å². The van der Waals surface area contributed by atoms with E-state index in [1.54, 1.807) is 0 Å². The SMILES string of the molecule is Cc1cc(N2CCCCC2)nc(NC(=S)NCC2(c3ccccc3)CCCCC2)n1. The molecule has 2 N–H and O–H groups in total. The number of nitrogens with zero attached hydrogens (tertiary/aromatic N) is 3. The average Bonchev–Trinajstić information content (AvgIpc) is 2.79. The number of rotatable bonds is 5. The van der Waals surface area contributed by atoms with E-state index in [0.717, 1.165) is 31.1 Å². The number of nitrogens with one attached hydrogen (secondary N) is 2. The third kappa shape index (κ3) is 5.09. The summed E-state index contributed by atoms with van der Waals surface area (Å²) in [6.45, 7) is 4.99. The first-order valence-corrected chi connectivity index (χ1v) is 11.8. The molecule has 0 radical (unpaired) electrons. The van der Waals surface area contributed by atoms with E-state index in [1.807, 2.05) is 6.92 Å². The topological polar surface area (TPSA) is 53.1 Å². The van der Waals surface area contributed by atoms with Crippen LogP contribution in [0.15, 0.2) is 36.4 Å². The van der Waals surface area contributed by atoms with Crippen LogP contribution in [0.4, 0.5) is 11.8 Å². The smallest absolute Gasteiger partial charge is 0.231 e. The summed E-state index contributed by atoms with van der Waals surface area (Å²) in [5.41, 5.74) is 2.53. The van der Waals surface area contributed by atoms with Gasteiger partial charge in [-0.2, -0.15) is 4.98 Å². The Morgan fingerprint density at radius 3 is 2.43 bits per heavy atom. The van der Waals surface area contributed by atoms with Gasteiger partial charge in [0.2, 0.25) is 5.95 Å². The normalized spacial score (nSPS) is 18.6. The first-order chi connectivity index (χ1) is 14.6. The van der Waals surface area contributed by atoms with Crippen molar-refractivity contribution in [3.8, 4) is 0 Å². The van der Waals surface area contributed by atoms with Crippen LogP contribution >= 0.6 is 12.2 Å². The molecule has 2 fully saturated rings. The second-order valence-corrected chi connectivity index (χ2v) is 9.16. The predicted molar refractivity (Wildman–Crippen MR) is 128 cm³/mol. The van der Waals surface area contributed by atoms with Crippen molar-refractivity contribution in [1.82, 2.24) is 15.3 Å². The van der Waals surface area contributed by atoms with E-state index < -0.39 is 0 Å². The van der Waals surface area contributed by atoms with Gasteiger partial charge in [0, 0.05) is 36.8 Å². The van der Waals surface area contributed by atoms with Gasteiger partial charge < -0.3 is 15.5 Å². The molecule has 4 rings (SSSR count).